The summed E-state index contributed by atoms with van der Waals surface area (Å²) in [6.45, 7) is 1.55. The van der Waals surface area contributed by atoms with E-state index in [9.17, 15) is 9.18 Å². The van der Waals surface area contributed by atoms with Gasteiger partial charge in [0, 0.05) is 24.9 Å². The van der Waals surface area contributed by atoms with Gasteiger partial charge < -0.3 is 20.1 Å². The highest BCUT2D eigenvalue weighted by Gasteiger charge is 2.04. The number of anilines is 1. The molecule has 0 spiro atoms. The van der Waals surface area contributed by atoms with Crippen molar-refractivity contribution in [2.45, 2.75) is 6.61 Å². The van der Waals surface area contributed by atoms with E-state index in [-0.39, 0.29) is 24.9 Å². The van der Waals surface area contributed by atoms with Crippen molar-refractivity contribution < 1.29 is 18.7 Å². The smallest absolute Gasteiger partial charge is 0.238 e. The van der Waals surface area contributed by atoms with E-state index in [1.165, 1.54) is 6.07 Å². The lowest BCUT2D eigenvalue weighted by Crippen LogP contribution is -2.30. The average Bonchev–Trinajstić information content (AvgIpc) is 2.59. The first-order valence-corrected chi connectivity index (χ1v) is 7.65. The number of nitrogens with one attached hydrogen (secondary N) is 2. The molecule has 2 aromatic rings. The molecule has 0 radical (unpaired) electrons. The Kier molecular flexibility index (Phi) is 7.20. The van der Waals surface area contributed by atoms with Crippen LogP contribution in [0.4, 0.5) is 10.1 Å². The van der Waals surface area contributed by atoms with E-state index in [4.69, 9.17) is 9.47 Å². The lowest BCUT2D eigenvalue weighted by molar-refractivity contribution is -0.115. The second kappa shape index (κ2) is 9.64. The van der Waals surface area contributed by atoms with Gasteiger partial charge in [0.2, 0.25) is 5.91 Å². The van der Waals surface area contributed by atoms with Crippen LogP contribution in [0.5, 0.6) is 5.75 Å². The predicted octanol–water partition coefficient (Wildman–Crippen LogP) is 2.58. The van der Waals surface area contributed by atoms with Crippen LogP contribution >= 0.6 is 0 Å². The number of amides is 1. The van der Waals surface area contributed by atoms with Gasteiger partial charge in [0.25, 0.3) is 0 Å². The summed E-state index contributed by atoms with van der Waals surface area (Å²) >= 11 is 0. The second-order valence-corrected chi connectivity index (χ2v) is 5.12. The summed E-state index contributed by atoms with van der Waals surface area (Å²) in [5.41, 5.74) is 1.17. The Morgan fingerprint density at radius 2 is 1.88 bits per heavy atom. The lowest BCUT2D eigenvalue weighted by atomic mass is 10.2. The van der Waals surface area contributed by atoms with Gasteiger partial charge in [0.1, 0.15) is 18.2 Å². The monoisotopic (exact) mass is 332 g/mol. The average molecular weight is 332 g/mol. The summed E-state index contributed by atoms with van der Waals surface area (Å²) in [5.74, 6) is 0.183. The Morgan fingerprint density at radius 1 is 1.12 bits per heavy atom. The Labute approximate surface area is 140 Å². The number of methoxy groups -OCH3 is 1. The summed E-state index contributed by atoms with van der Waals surface area (Å²) < 4.78 is 23.9. The van der Waals surface area contributed by atoms with Gasteiger partial charge in [-0.25, -0.2) is 4.39 Å². The number of hydrogen-bond acceptors (Lipinski definition) is 4. The predicted molar refractivity (Wildman–Crippen MR) is 90.5 cm³/mol. The molecule has 0 bridgehead atoms. The first-order chi connectivity index (χ1) is 11.7. The molecule has 2 aromatic carbocycles. The van der Waals surface area contributed by atoms with E-state index < -0.39 is 0 Å². The molecule has 0 aromatic heterocycles. The van der Waals surface area contributed by atoms with Gasteiger partial charge in [0.05, 0.1) is 13.2 Å². The number of halogens is 1. The molecule has 0 unspecified atom stereocenters. The molecule has 0 aliphatic carbocycles. The molecule has 0 aliphatic heterocycles. The Bertz CT molecular complexity index is 647. The summed E-state index contributed by atoms with van der Waals surface area (Å²) in [4.78, 5) is 11.7. The molecular formula is C18H21FN2O3. The Morgan fingerprint density at radius 3 is 2.58 bits per heavy atom. The molecule has 5 nitrogen and oxygen atoms in total. The van der Waals surface area contributed by atoms with Crippen molar-refractivity contribution in [3.63, 3.8) is 0 Å². The van der Waals surface area contributed by atoms with Crippen LogP contribution < -0.4 is 15.4 Å². The van der Waals surface area contributed by atoms with Crippen molar-refractivity contribution in [2.75, 3.05) is 32.1 Å². The van der Waals surface area contributed by atoms with Gasteiger partial charge in [-0.1, -0.05) is 18.2 Å². The van der Waals surface area contributed by atoms with Crippen LogP contribution in [0.15, 0.2) is 48.5 Å². The molecule has 0 atom stereocenters. The fraction of sp³-hybridized carbons (Fsp3) is 0.278. The Hall–Kier alpha value is -2.44. The van der Waals surface area contributed by atoms with Crippen molar-refractivity contribution in [2.24, 2.45) is 0 Å². The summed E-state index contributed by atoms with van der Waals surface area (Å²) in [6.07, 6.45) is 0. The summed E-state index contributed by atoms with van der Waals surface area (Å²) in [6, 6.07) is 13.4. The minimum atomic E-state index is -0.289. The maximum Gasteiger partial charge on any atom is 0.238 e. The SMILES string of the molecule is COCCNCC(=O)Nc1ccc(OCc2ccccc2F)cc1. The van der Waals surface area contributed by atoms with Gasteiger partial charge in [-0.05, 0) is 30.3 Å². The highest BCUT2D eigenvalue weighted by atomic mass is 19.1. The van der Waals surface area contributed by atoms with Crippen molar-refractivity contribution in [3.05, 3.63) is 59.9 Å². The number of ether oxygens (including phenoxy) is 2. The molecule has 24 heavy (non-hydrogen) atoms. The third-order valence-electron chi connectivity index (χ3n) is 3.26. The van der Waals surface area contributed by atoms with Crippen LogP contribution in [-0.4, -0.2) is 32.7 Å². The van der Waals surface area contributed by atoms with E-state index in [0.717, 1.165) is 0 Å². The third-order valence-corrected chi connectivity index (χ3v) is 3.26. The van der Waals surface area contributed by atoms with E-state index in [1.54, 1.807) is 49.6 Å². The molecule has 0 fully saturated rings. The summed E-state index contributed by atoms with van der Waals surface area (Å²) in [5, 5.41) is 5.74. The van der Waals surface area contributed by atoms with E-state index >= 15 is 0 Å². The van der Waals surface area contributed by atoms with Crippen LogP contribution in [0.25, 0.3) is 0 Å². The second-order valence-electron chi connectivity index (χ2n) is 5.12. The van der Waals surface area contributed by atoms with Crippen LogP contribution in [0.2, 0.25) is 0 Å². The number of carbonyl (C=O) groups is 1. The minimum absolute atomic E-state index is 0.133. The maximum absolute atomic E-state index is 13.5. The molecule has 0 aliphatic rings. The standard InChI is InChI=1S/C18H21FN2O3/c1-23-11-10-20-12-18(22)21-15-6-8-16(9-7-15)24-13-14-4-2-3-5-17(14)19/h2-9,20H,10-13H2,1H3,(H,21,22). The van der Waals surface area contributed by atoms with Crippen molar-refractivity contribution >= 4 is 11.6 Å². The molecule has 1 amide bonds. The molecule has 0 saturated heterocycles. The molecular weight excluding hydrogens is 311 g/mol. The lowest BCUT2D eigenvalue weighted by Gasteiger charge is -2.09. The zero-order valence-corrected chi connectivity index (χ0v) is 13.5. The van der Waals surface area contributed by atoms with Crippen LogP contribution in [0.1, 0.15) is 5.56 Å². The van der Waals surface area contributed by atoms with Gasteiger partial charge >= 0.3 is 0 Å². The molecule has 2 N–H and O–H groups in total. The van der Waals surface area contributed by atoms with Crippen LogP contribution in [0, 0.1) is 5.82 Å². The van der Waals surface area contributed by atoms with Crippen molar-refractivity contribution in [1.82, 2.24) is 5.32 Å². The van der Waals surface area contributed by atoms with Gasteiger partial charge in [-0.3, -0.25) is 4.79 Å². The number of benzene rings is 2. The Balaban J connectivity index is 1.78. The van der Waals surface area contributed by atoms with Gasteiger partial charge in [-0.2, -0.15) is 0 Å². The van der Waals surface area contributed by atoms with Crippen molar-refractivity contribution in [3.8, 4) is 5.75 Å². The topological polar surface area (TPSA) is 59.6 Å². The highest BCUT2D eigenvalue weighted by Crippen LogP contribution is 2.17. The molecule has 0 saturated carbocycles. The normalized spacial score (nSPS) is 10.4. The molecule has 128 valence electrons. The number of carbonyl (C=O) groups excluding carboxylic acids is 1. The minimum Gasteiger partial charge on any atom is -0.489 e. The summed E-state index contributed by atoms with van der Waals surface area (Å²) in [7, 11) is 1.61. The fourth-order valence-electron chi connectivity index (χ4n) is 1.99. The van der Waals surface area contributed by atoms with Crippen LogP contribution in [0.3, 0.4) is 0 Å². The first kappa shape index (κ1) is 17.9. The molecule has 6 heteroatoms. The molecule has 0 heterocycles. The molecule has 2 rings (SSSR count). The largest absolute Gasteiger partial charge is 0.489 e. The van der Waals surface area contributed by atoms with E-state index in [2.05, 4.69) is 10.6 Å². The van der Waals surface area contributed by atoms with Crippen molar-refractivity contribution in [1.29, 1.82) is 0 Å². The first-order valence-electron chi connectivity index (χ1n) is 7.65. The van der Waals surface area contributed by atoms with Gasteiger partial charge in [0.15, 0.2) is 0 Å². The van der Waals surface area contributed by atoms with Crippen LogP contribution in [-0.2, 0) is 16.1 Å². The number of rotatable bonds is 9. The van der Waals surface area contributed by atoms with Gasteiger partial charge in [-0.15, -0.1) is 0 Å². The fourth-order valence-corrected chi connectivity index (χ4v) is 1.99. The quantitative estimate of drug-likeness (QED) is 0.693. The van der Waals surface area contributed by atoms with E-state index in [1.807, 2.05) is 0 Å². The third kappa shape index (κ3) is 5.98. The zero-order chi connectivity index (χ0) is 17.2. The highest BCUT2D eigenvalue weighted by molar-refractivity contribution is 5.92. The van der Waals surface area contributed by atoms with E-state index in [0.29, 0.717) is 30.2 Å². The number of hydrogen-bond donors (Lipinski definition) is 2. The maximum atomic E-state index is 13.5. The zero-order valence-electron chi connectivity index (χ0n) is 13.5.